The summed E-state index contributed by atoms with van der Waals surface area (Å²) in [6.45, 7) is 9.05. The van der Waals surface area contributed by atoms with Gasteiger partial charge in [-0.1, -0.05) is 52.0 Å². The zero-order valence-electron chi connectivity index (χ0n) is 23.8. The molecule has 216 valence electrons. The van der Waals surface area contributed by atoms with Gasteiger partial charge in [0.1, 0.15) is 6.04 Å². The van der Waals surface area contributed by atoms with E-state index < -0.39 is 17.6 Å². The fraction of sp³-hybridized carbons (Fsp3) is 0.467. The number of aliphatic hydroxyl groups is 1. The van der Waals surface area contributed by atoms with Crippen LogP contribution >= 0.6 is 0 Å². The van der Waals surface area contributed by atoms with Crippen LogP contribution in [0.25, 0.3) is 11.1 Å². The van der Waals surface area contributed by atoms with Crippen LogP contribution in [0.2, 0.25) is 0 Å². The summed E-state index contributed by atoms with van der Waals surface area (Å²) in [5, 5.41) is 15.4. The molecule has 0 spiro atoms. The number of benzene rings is 2. The van der Waals surface area contributed by atoms with Gasteiger partial charge in [-0.3, -0.25) is 24.6 Å². The lowest BCUT2D eigenvalue weighted by Crippen LogP contribution is -2.54. The first-order valence-corrected chi connectivity index (χ1v) is 13.8. The van der Waals surface area contributed by atoms with Gasteiger partial charge < -0.3 is 20.6 Å². The van der Waals surface area contributed by atoms with Gasteiger partial charge in [0.05, 0.1) is 6.10 Å². The van der Waals surface area contributed by atoms with Crippen molar-refractivity contribution >= 4 is 29.3 Å². The zero-order valence-corrected chi connectivity index (χ0v) is 23.8. The van der Waals surface area contributed by atoms with Gasteiger partial charge in [-0.15, -0.1) is 0 Å². The molecular weight excluding hydrogens is 510 g/mol. The van der Waals surface area contributed by atoms with Crippen molar-refractivity contribution in [2.24, 2.45) is 5.41 Å². The van der Waals surface area contributed by atoms with Crippen molar-refractivity contribution in [1.82, 2.24) is 21.1 Å². The fourth-order valence-corrected chi connectivity index (χ4v) is 4.36. The predicted octanol–water partition coefficient (Wildman–Crippen LogP) is 2.84. The summed E-state index contributed by atoms with van der Waals surface area (Å²) >= 11 is 0. The maximum absolute atomic E-state index is 13.0. The largest absolute Gasteiger partial charge is 0.391 e. The van der Waals surface area contributed by atoms with Gasteiger partial charge in [0.2, 0.25) is 17.7 Å². The summed E-state index contributed by atoms with van der Waals surface area (Å²) in [5.41, 5.74) is 8.00. The lowest BCUT2D eigenvalue weighted by molar-refractivity contribution is -0.139. The van der Waals surface area contributed by atoms with E-state index in [0.717, 1.165) is 17.5 Å². The molecule has 1 unspecified atom stereocenters. The smallest absolute Gasteiger partial charge is 0.265 e. The maximum Gasteiger partial charge on any atom is 0.265 e. The Hall–Kier alpha value is -3.76. The molecule has 40 heavy (non-hydrogen) atoms. The van der Waals surface area contributed by atoms with Crippen molar-refractivity contribution in [2.75, 3.05) is 25.0 Å². The van der Waals surface area contributed by atoms with Crippen LogP contribution in [0.15, 0.2) is 48.5 Å². The van der Waals surface area contributed by atoms with Crippen LogP contribution in [0.5, 0.6) is 0 Å². The first-order chi connectivity index (χ1) is 19.0. The van der Waals surface area contributed by atoms with Crippen LogP contribution in [-0.4, -0.2) is 65.4 Å². The molecule has 2 aromatic carbocycles. The van der Waals surface area contributed by atoms with Crippen LogP contribution in [0.1, 0.15) is 63.7 Å². The van der Waals surface area contributed by atoms with Gasteiger partial charge in [0, 0.05) is 43.7 Å². The molecule has 4 amide bonds. The Balaban J connectivity index is 1.49. The number of β-amino-alcohol motifs (C(OH)–C–C–N with tert-alkyl or cyclic N) is 1. The summed E-state index contributed by atoms with van der Waals surface area (Å²) in [5.74, 6) is -1.10. The average molecular weight is 552 g/mol. The third-order valence-corrected chi connectivity index (χ3v) is 6.70. The number of hydrazine groups is 1. The lowest BCUT2D eigenvalue weighted by atomic mass is 9.85. The topological polar surface area (TPSA) is 140 Å². The number of rotatable bonds is 11. The molecule has 1 fully saturated rings. The number of aliphatic hydroxyl groups excluding tert-OH is 1. The van der Waals surface area contributed by atoms with E-state index in [-0.39, 0.29) is 43.0 Å². The second kappa shape index (κ2) is 14.0. The van der Waals surface area contributed by atoms with Gasteiger partial charge in [0.25, 0.3) is 5.91 Å². The van der Waals surface area contributed by atoms with Crippen molar-refractivity contribution < 1.29 is 24.3 Å². The molecule has 1 aliphatic heterocycles. The minimum Gasteiger partial charge on any atom is -0.391 e. The normalized spacial score (nSPS) is 15.8. The fourth-order valence-electron chi connectivity index (χ4n) is 4.36. The number of hydrogen-bond acceptors (Lipinski definition) is 6. The highest BCUT2D eigenvalue weighted by Crippen LogP contribution is 2.24. The highest BCUT2D eigenvalue weighted by molar-refractivity contribution is 5.95. The molecule has 1 saturated heterocycles. The Morgan fingerprint density at radius 2 is 1.55 bits per heavy atom. The molecular formula is C30H41N5O5. The van der Waals surface area contributed by atoms with Crippen LogP contribution < -0.4 is 21.5 Å². The summed E-state index contributed by atoms with van der Waals surface area (Å²) in [6, 6.07) is 13.8. The number of amides is 4. The Morgan fingerprint density at radius 3 is 2.10 bits per heavy atom. The summed E-state index contributed by atoms with van der Waals surface area (Å²) < 4.78 is 0. The van der Waals surface area contributed by atoms with Crippen LogP contribution in [-0.2, 0) is 14.4 Å². The Bertz CT molecular complexity index is 1170. The van der Waals surface area contributed by atoms with Crippen molar-refractivity contribution in [3.05, 3.63) is 54.1 Å². The molecule has 2 atom stereocenters. The van der Waals surface area contributed by atoms with Crippen LogP contribution in [0.4, 0.5) is 5.69 Å². The van der Waals surface area contributed by atoms with E-state index in [1.807, 2.05) is 52.0 Å². The van der Waals surface area contributed by atoms with Crippen molar-refractivity contribution in [3.63, 3.8) is 0 Å². The Kier molecular flexibility index (Phi) is 10.8. The predicted molar refractivity (Wildman–Crippen MR) is 154 cm³/mol. The number of carbonyl (C=O) groups excluding carboxylic acids is 4. The van der Waals surface area contributed by atoms with E-state index in [0.29, 0.717) is 30.8 Å². The van der Waals surface area contributed by atoms with Gasteiger partial charge in [-0.25, -0.2) is 5.43 Å². The monoisotopic (exact) mass is 551 g/mol. The van der Waals surface area contributed by atoms with Gasteiger partial charge in [-0.05, 0) is 53.6 Å². The minimum absolute atomic E-state index is 0.0301. The maximum atomic E-state index is 13.0. The molecule has 0 bridgehead atoms. The average Bonchev–Trinajstić information content (AvgIpc) is 3.36. The molecule has 5 N–H and O–H groups in total. The molecule has 10 nitrogen and oxygen atoms in total. The van der Waals surface area contributed by atoms with E-state index >= 15 is 0 Å². The molecule has 2 aromatic rings. The first-order valence-electron chi connectivity index (χ1n) is 13.8. The molecule has 1 heterocycles. The second-order valence-electron chi connectivity index (χ2n) is 11.2. The third-order valence-electron chi connectivity index (χ3n) is 6.70. The van der Waals surface area contributed by atoms with E-state index in [2.05, 4.69) is 21.5 Å². The lowest BCUT2D eigenvalue weighted by Gasteiger charge is -2.33. The molecule has 0 aliphatic carbocycles. The highest BCUT2D eigenvalue weighted by Gasteiger charge is 2.37. The second-order valence-corrected chi connectivity index (χ2v) is 11.2. The highest BCUT2D eigenvalue weighted by atomic mass is 16.3. The number of hydrogen-bond donors (Lipinski definition) is 5. The minimum atomic E-state index is -0.748. The number of nitrogens with zero attached hydrogens (tertiary/aromatic N) is 1. The Morgan fingerprint density at radius 1 is 0.950 bits per heavy atom. The molecule has 3 rings (SSSR count). The van der Waals surface area contributed by atoms with Crippen molar-refractivity contribution in [2.45, 2.75) is 65.5 Å². The number of nitrogens with one attached hydrogen (secondary N) is 4. The zero-order chi connectivity index (χ0) is 29.3. The van der Waals surface area contributed by atoms with Crippen LogP contribution in [0, 0.1) is 5.41 Å². The van der Waals surface area contributed by atoms with Crippen molar-refractivity contribution in [1.29, 1.82) is 0 Å². The van der Waals surface area contributed by atoms with Crippen molar-refractivity contribution in [3.8, 4) is 11.1 Å². The van der Waals surface area contributed by atoms with Gasteiger partial charge in [-0.2, -0.15) is 0 Å². The molecule has 10 heteroatoms. The third kappa shape index (κ3) is 8.89. The van der Waals surface area contributed by atoms with E-state index in [9.17, 15) is 24.3 Å². The van der Waals surface area contributed by atoms with E-state index in [1.54, 1.807) is 29.2 Å². The molecule has 0 radical (unpaired) electrons. The molecule has 1 aliphatic rings. The van der Waals surface area contributed by atoms with Gasteiger partial charge >= 0.3 is 0 Å². The molecule has 0 saturated carbocycles. The summed E-state index contributed by atoms with van der Waals surface area (Å²) in [4.78, 5) is 51.8. The first kappa shape index (κ1) is 30.8. The van der Waals surface area contributed by atoms with E-state index in [1.165, 1.54) is 0 Å². The number of anilines is 1. The van der Waals surface area contributed by atoms with Crippen LogP contribution in [0.3, 0.4) is 0 Å². The standard InChI is InChI=1S/C30H41N5O5/c1-5-17-31-34-28(39)22-8-6-20(7-9-22)21-10-12-23(13-11-21)32-25(37)14-15-26(38)33-27(30(2,3)4)29(40)35-18-16-24(36)19-35/h6-13,24,27,31,36H,5,14-19H2,1-4H3,(H,32,37)(H,33,38)(H,34,39)/t24-,27?/m1/s1. The summed E-state index contributed by atoms with van der Waals surface area (Å²) in [7, 11) is 0. The number of carbonyl (C=O) groups is 4. The van der Waals surface area contributed by atoms with Gasteiger partial charge in [0.15, 0.2) is 0 Å². The Labute approximate surface area is 235 Å². The van der Waals surface area contributed by atoms with E-state index in [4.69, 9.17) is 0 Å². The quantitative estimate of drug-likeness (QED) is 0.215. The SMILES string of the molecule is CCCNNC(=O)c1ccc(-c2ccc(NC(=O)CCC(=O)NC(C(=O)N3CC[C@@H](O)C3)C(C)(C)C)cc2)cc1. The summed E-state index contributed by atoms with van der Waals surface area (Å²) in [6.07, 6.45) is 0.819. The molecule has 0 aromatic heterocycles. The number of likely N-dealkylation sites (tertiary alicyclic amines) is 1.